The molecule has 40 heavy (non-hydrogen) atoms. The van der Waals surface area contributed by atoms with Gasteiger partial charge in [0, 0.05) is 22.8 Å². The van der Waals surface area contributed by atoms with E-state index in [1.165, 1.54) is 0 Å². The summed E-state index contributed by atoms with van der Waals surface area (Å²) in [4.78, 5) is 42.4. The molecule has 0 aliphatic carbocycles. The molecule has 0 spiro atoms. The molecule has 3 aromatic carbocycles. The van der Waals surface area contributed by atoms with Gasteiger partial charge in [-0.15, -0.1) is 11.8 Å². The molecule has 3 N–H and O–H groups in total. The van der Waals surface area contributed by atoms with Gasteiger partial charge in [0.25, 0.3) is 0 Å². The number of urea groups is 2. The van der Waals surface area contributed by atoms with Crippen molar-refractivity contribution in [3.05, 3.63) is 95.6 Å². The minimum Gasteiger partial charge on any atom is -0.463 e. The Labute approximate surface area is 239 Å². The van der Waals surface area contributed by atoms with Crippen LogP contribution < -0.4 is 16.0 Å². The van der Waals surface area contributed by atoms with Crippen LogP contribution in [-0.4, -0.2) is 42.3 Å². The van der Waals surface area contributed by atoms with Gasteiger partial charge in [0.15, 0.2) is 0 Å². The van der Waals surface area contributed by atoms with Crippen LogP contribution in [0, 0.1) is 0 Å². The number of unbranched alkanes of at least 4 members (excludes halogenated alkanes) is 1. The van der Waals surface area contributed by atoms with Crippen molar-refractivity contribution in [3.8, 4) is 0 Å². The van der Waals surface area contributed by atoms with Gasteiger partial charge in [0.2, 0.25) is 0 Å². The lowest BCUT2D eigenvalue weighted by Gasteiger charge is -2.37. The number of thioether (sulfide) groups is 1. The normalized spacial score (nSPS) is 14.9. The number of benzene rings is 3. The van der Waals surface area contributed by atoms with Gasteiger partial charge in [-0.25, -0.2) is 14.4 Å². The van der Waals surface area contributed by atoms with Gasteiger partial charge in [0.1, 0.15) is 0 Å². The van der Waals surface area contributed by atoms with Crippen molar-refractivity contribution >= 4 is 46.9 Å². The summed E-state index contributed by atoms with van der Waals surface area (Å²) < 4.78 is 5.49. The van der Waals surface area contributed by atoms with Crippen LogP contribution in [0.25, 0.3) is 5.70 Å². The Morgan fingerprint density at radius 3 is 2.35 bits per heavy atom. The summed E-state index contributed by atoms with van der Waals surface area (Å²) in [7, 11) is 0. The zero-order valence-corrected chi connectivity index (χ0v) is 23.7. The molecule has 0 aromatic heterocycles. The number of nitrogens with zero attached hydrogens (tertiary/aromatic N) is 1. The van der Waals surface area contributed by atoms with Gasteiger partial charge in [-0.3, -0.25) is 4.90 Å². The molecule has 4 rings (SSSR count). The second kappa shape index (κ2) is 13.7. The highest BCUT2D eigenvalue weighted by atomic mass is 32.2. The second-order valence-electron chi connectivity index (χ2n) is 9.17. The lowest BCUT2D eigenvalue weighted by Crippen LogP contribution is -2.48. The molecule has 1 heterocycles. The lowest BCUT2D eigenvalue weighted by atomic mass is 9.91. The molecule has 8 nitrogen and oxygen atoms in total. The van der Waals surface area contributed by atoms with Crippen LogP contribution in [-0.2, 0) is 9.53 Å². The van der Waals surface area contributed by atoms with Crippen molar-refractivity contribution in [1.82, 2.24) is 10.2 Å². The Bertz CT molecular complexity index is 1380. The maximum Gasteiger partial charge on any atom is 0.338 e. The topological polar surface area (TPSA) is 99.8 Å². The highest BCUT2D eigenvalue weighted by Crippen LogP contribution is 2.37. The van der Waals surface area contributed by atoms with Crippen LogP contribution in [0.2, 0.25) is 0 Å². The number of hydrogen-bond donors (Lipinski definition) is 3. The van der Waals surface area contributed by atoms with E-state index < -0.39 is 18.0 Å². The van der Waals surface area contributed by atoms with Crippen molar-refractivity contribution in [2.75, 3.05) is 30.0 Å². The van der Waals surface area contributed by atoms with Gasteiger partial charge in [-0.1, -0.05) is 55.8 Å². The Balaban J connectivity index is 1.69. The van der Waals surface area contributed by atoms with Crippen molar-refractivity contribution < 1.29 is 19.1 Å². The molecule has 9 heteroatoms. The van der Waals surface area contributed by atoms with Crippen LogP contribution in [0.15, 0.2) is 89.3 Å². The first kappa shape index (κ1) is 28.8. The fraction of sp³-hybridized carbons (Fsp3) is 0.258. The summed E-state index contributed by atoms with van der Waals surface area (Å²) in [6.45, 7) is 4.46. The second-order valence-corrected chi connectivity index (χ2v) is 10.0. The first-order valence-corrected chi connectivity index (χ1v) is 14.5. The third kappa shape index (κ3) is 6.84. The first-order valence-electron chi connectivity index (χ1n) is 13.3. The van der Waals surface area contributed by atoms with E-state index in [2.05, 4.69) is 22.9 Å². The molecule has 0 bridgehead atoms. The van der Waals surface area contributed by atoms with Gasteiger partial charge >= 0.3 is 18.0 Å². The lowest BCUT2D eigenvalue weighted by molar-refractivity contribution is -0.138. The van der Waals surface area contributed by atoms with E-state index in [1.54, 1.807) is 41.8 Å². The maximum absolute atomic E-state index is 13.5. The van der Waals surface area contributed by atoms with E-state index >= 15 is 0 Å². The van der Waals surface area contributed by atoms with Crippen molar-refractivity contribution in [3.63, 3.8) is 0 Å². The number of anilines is 2. The van der Waals surface area contributed by atoms with Gasteiger partial charge in [0.05, 0.1) is 23.9 Å². The molecule has 3 aromatic rings. The average molecular weight is 559 g/mol. The predicted molar refractivity (Wildman–Crippen MR) is 160 cm³/mol. The third-order valence-electron chi connectivity index (χ3n) is 6.43. The number of rotatable bonds is 10. The van der Waals surface area contributed by atoms with Gasteiger partial charge in [-0.2, -0.15) is 0 Å². The quantitative estimate of drug-likeness (QED) is 0.186. The summed E-state index contributed by atoms with van der Waals surface area (Å²) in [5.74, 6) is -0.502. The van der Waals surface area contributed by atoms with Crippen molar-refractivity contribution in [1.29, 1.82) is 0 Å². The molecule has 1 aliphatic heterocycles. The Kier molecular flexibility index (Phi) is 9.86. The highest BCUT2D eigenvalue weighted by molar-refractivity contribution is 7.98. The van der Waals surface area contributed by atoms with E-state index in [0.29, 0.717) is 34.8 Å². The minimum atomic E-state index is -0.775. The Morgan fingerprint density at radius 2 is 1.68 bits per heavy atom. The van der Waals surface area contributed by atoms with E-state index in [0.717, 1.165) is 23.3 Å². The molecule has 0 unspecified atom stereocenters. The molecule has 208 valence electrons. The summed E-state index contributed by atoms with van der Waals surface area (Å²) in [5, 5.41) is 8.68. The smallest absolute Gasteiger partial charge is 0.338 e. The molecule has 0 saturated heterocycles. The Hall–Kier alpha value is -4.24. The zero-order chi connectivity index (χ0) is 28.5. The highest BCUT2D eigenvalue weighted by Gasteiger charge is 2.38. The van der Waals surface area contributed by atoms with E-state index in [9.17, 15) is 14.4 Å². The number of carbonyl (C=O) groups excluding carboxylic acids is 3. The Morgan fingerprint density at radius 1 is 0.950 bits per heavy atom. The predicted octanol–water partition coefficient (Wildman–Crippen LogP) is 6.89. The molecular formula is C31H34N4O4S. The standard InChI is InChI=1S/C31H34N4O4S/c1-4-6-19-35-28(21-11-8-7-9-12-21)26(29(36)39-5-2)27(34-31(35)38)22-13-10-14-24(20-22)33-30(37)32-23-15-17-25(40-3)18-16-23/h7-18,20,27H,4-6,19H2,1-3H3,(H,34,38)(H2,32,33,37)/t27-/m1/s1. The zero-order valence-electron chi connectivity index (χ0n) is 22.9. The number of amides is 4. The third-order valence-corrected chi connectivity index (χ3v) is 7.17. The van der Waals surface area contributed by atoms with Crippen LogP contribution in [0.3, 0.4) is 0 Å². The summed E-state index contributed by atoms with van der Waals surface area (Å²) in [5.41, 5.74) is 3.45. The molecular weight excluding hydrogens is 524 g/mol. The van der Waals surface area contributed by atoms with E-state index in [-0.39, 0.29) is 12.6 Å². The van der Waals surface area contributed by atoms with Crippen molar-refractivity contribution in [2.24, 2.45) is 0 Å². The molecule has 1 atom stereocenters. The molecule has 0 fully saturated rings. The summed E-state index contributed by atoms with van der Waals surface area (Å²) in [6, 6.07) is 22.6. The van der Waals surface area contributed by atoms with Crippen LogP contribution >= 0.6 is 11.8 Å². The van der Waals surface area contributed by atoms with Crippen LogP contribution in [0.5, 0.6) is 0 Å². The van der Waals surface area contributed by atoms with E-state index in [1.807, 2.05) is 66.9 Å². The number of ether oxygens (including phenoxy) is 1. The number of nitrogens with one attached hydrogen (secondary N) is 3. The van der Waals surface area contributed by atoms with E-state index in [4.69, 9.17) is 4.74 Å². The molecule has 0 radical (unpaired) electrons. The minimum absolute atomic E-state index is 0.194. The number of esters is 1. The molecule has 0 saturated carbocycles. The number of carbonyl (C=O) groups is 3. The first-order chi connectivity index (χ1) is 19.4. The largest absolute Gasteiger partial charge is 0.463 e. The van der Waals surface area contributed by atoms with Crippen LogP contribution in [0.1, 0.15) is 43.9 Å². The fourth-order valence-electron chi connectivity index (χ4n) is 4.53. The van der Waals surface area contributed by atoms with Gasteiger partial charge < -0.3 is 20.7 Å². The van der Waals surface area contributed by atoms with Crippen molar-refractivity contribution in [2.45, 2.75) is 37.6 Å². The molecule has 4 amide bonds. The SMILES string of the molecule is CCCCN1C(=O)N[C@H](c2cccc(NC(=O)Nc3ccc(SC)cc3)c2)C(C(=O)OCC)=C1c1ccccc1. The monoisotopic (exact) mass is 558 g/mol. The van der Waals surface area contributed by atoms with Gasteiger partial charge in [-0.05, 0) is 67.1 Å². The fourth-order valence-corrected chi connectivity index (χ4v) is 4.94. The summed E-state index contributed by atoms with van der Waals surface area (Å²) in [6.07, 6.45) is 3.66. The summed E-state index contributed by atoms with van der Waals surface area (Å²) >= 11 is 1.62. The molecule has 1 aliphatic rings. The number of hydrogen-bond acceptors (Lipinski definition) is 5. The maximum atomic E-state index is 13.5. The van der Waals surface area contributed by atoms with Crippen LogP contribution in [0.4, 0.5) is 21.0 Å². The average Bonchev–Trinajstić information content (AvgIpc) is 2.97.